The predicted octanol–water partition coefficient (Wildman–Crippen LogP) is 6.63. The molecular formula is C32H40ClN3O4. The van der Waals surface area contributed by atoms with Gasteiger partial charge < -0.3 is 20.3 Å². The Hall–Kier alpha value is -3.50. The average Bonchev–Trinajstić information content (AvgIpc) is 2.86. The Labute approximate surface area is 243 Å². The van der Waals surface area contributed by atoms with Gasteiger partial charge in [0.2, 0.25) is 5.91 Å². The van der Waals surface area contributed by atoms with E-state index in [1.807, 2.05) is 32.9 Å². The van der Waals surface area contributed by atoms with Crippen LogP contribution >= 0.6 is 11.6 Å². The standard InChI is InChI=1S/C32H40ClN3O4/c1-8-20(3)27(35-31(39)40-32(5,6)7)30(38)36(24-13-11-14-24)28(23-18-16-22(9-2)17-19-23)29(37)34-26-21(4)12-10-15-25(26)33/h2,10,12,15-20,24,27-28H,8,11,13-14H2,1,3-7H3,(H,34,37)(H,35,39). The third kappa shape index (κ3) is 7.57. The van der Waals surface area contributed by atoms with Crippen LogP contribution in [0.4, 0.5) is 10.5 Å². The fraction of sp³-hybridized carbons (Fsp3) is 0.469. The maximum absolute atomic E-state index is 14.4. The van der Waals surface area contributed by atoms with Gasteiger partial charge in [-0.3, -0.25) is 9.59 Å². The van der Waals surface area contributed by atoms with E-state index in [9.17, 15) is 14.4 Å². The second-order valence-electron chi connectivity index (χ2n) is 11.4. The third-order valence-corrected chi connectivity index (χ3v) is 7.58. The van der Waals surface area contributed by atoms with Gasteiger partial charge in [-0.2, -0.15) is 0 Å². The average molecular weight is 566 g/mol. The smallest absolute Gasteiger partial charge is 0.408 e. The van der Waals surface area contributed by atoms with Crippen LogP contribution in [0.25, 0.3) is 0 Å². The van der Waals surface area contributed by atoms with E-state index in [1.54, 1.807) is 56.0 Å². The topological polar surface area (TPSA) is 87.7 Å². The number of nitrogens with one attached hydrogen (secondary N) is 2. The van der Waals surface area contributed by atoms with Crippen molar-refractivity contribution in [2.45, 2.75) is 91.0 Å². The number of carbonyl (C=O) groups excluding carboxylic acids is 3. The van der Waals surface area contributed by atoms with E-state index < -0.39 is 29.7 Å². The first kappa shape index (κ1) is 31.0. The van der Waals surface area contributed by atoms with Crippen molar-refractivity contribution in [3.63, 3.8) is 0 Å². The minimum absolute atomic E-state index is 0.171. The highest BCUT2D eigenvalue weighted by Gasteiger charge is 2.43. The van der Waals surface area contributed by atoms with Gasteiger partial charge in [-0.1, -0.05) is 62.1 Å². The first-order valence-electron chi connectivity index (χ1n) is 13.8. The number of halogens is 1. The lowest BCUT2D eigenvalue weighted by molar-refractivity contribution is -0.147. The quantitative estimate of drug-likeness (QED) is 0.334. The number of benzene rings is 2. The van der Waals surface area contributed by atoms with Crippen LogP contribution in [0.5, 0.6) is 0 Å². The van der Waals surface area contributed by atoms with Crippen molar-refractivity contribution in [3.8, 4) is 12.3 Å². The van der Waals surface area contributed by atoms with Crippen molar-refractivity contribution < 1.29 is 19.1 Å². The lowest BCUT2D eigenvalue weighted by Crippen LogP contribution is -2.58. The zero-order chi connectivity index (χ0) is 29.6. The van der Waals surface area contributed by atoms with Gasteiger partial charge in [0.25, 0.3) is 5.91 Å². The molecule has 8 heteroatoms. The zero-order valence-electron chi connectivity index (χ0n) is 24.2. The van der Waals surface area contributed by atoms with Crippen molar-refractivity contribution in [1.29, 1.82) is 0 Å². The number of rotatable bonds is 9. The molecule has 0 spiro atoms. The van der Waals surface area contributed by atoms with Crippen molar-refractivity contribution in [2.75, 3.05) is 5.32 Å². The van der Waals surface area contributed by atoms with Crippen LogP contribution in [-0.4, -0.2) is 40.5 Å². The summed E-state index contributed by atoms with van der Waals surface area (Å²) in [5, 5.41) is 6.19. The van der Waals surface area contributed by atoms with Gasteiger partial charge >= 0.3 is 6.09 Å². The van der Waals surface area contributed by atoms with E-state index in [1.165, 1.54) is 0 Å². The fourth-order valence-electron chi connectivity index (χ4n) is 4.64. The number of para-hydroxylation sites is 1. The van der Waals surface area contributed by atoms with Crippen molar-refractivity contribution in [3.05, 3.63) is 64.2 Å². The van der Waals surface area contributed by atoms with E-state index in [2.05, 4.69) is 16.6 Å². The second-order valence-corrected chi connectivity index (χ2v) is 11.8. The van der Waals surface area contributed by atoms with Gasteiger partial charge in [-0.05, 0) is 82.2 Å². The van der Waals surface area contributed by atoms with E-state index >= 15 is 0 Å². The van der Waals surface area contributed by atoms with Crippen LogP contribution in [0.3, 0.4) is 0 Å². The Morgan fingerprint density at radius 2 is 1.80 bits per heavy atom. The van der Waals surface area contributed by atoms with Crippen LogP contribution in [-0.2, 0) is 14.3 Å². The molecule has 1 fully saturated rings. The highest BCUT2D eigenvalue weighted by atomic mass is 35.5. The number of carbonyl (C=O) groups is 3. The Morgan fingerprint density at radius 3 is 2.30 bits per heavy atom. The molecular weight excluding hydrogens is 526 g/mol. The predicted molar refractivity (Wildman–Crippen MR) is 159 cm³/mol. The van der Waals surface area contributed by atoms with Gasteiger partial charge in [0.15, 0.2) is 0 Å². The van der Waals surface area contributed by atoms with Crippen LogP contribution in [0.1, 0.15) is 83.0 Å². The van der Waals surface area contributed by atoms with E-state index in [4.69, 9.17) is 22.8 Å². The molecule has 3 atom stereocenters. The molecule has 0 bridgehead atoms. The summed E-state index contributed by atoms with van der Waals surface area (Å²) in [5.41, 5.74) is 1.84. The van der Waals surface area contributed by atoms with Crippen LogP contribution < -0.4 is 10.6 Å². The SMILES string of the molecule is C#Cc1ccc(C(C(=O)Nc2c(C)cccc2Cl)N(C(=O)C(NC(=O)OC(C)(C)C)C(C)CC)C2CCC2)cc1. The number of hydrogen-bond donors (Lipinski definition) is 2. The van der Waals surface area contributed by atoms with Crippen LogP contribution in [0, 0.1) is 25.2 Å². The molecule has 0 heterocycles. The molecule has 40 heavy (non-hydrogen) atoms. The Morgan fingerprint density at radius 1 is 1.15 bits per heavy atom. The number of anilines is 1. The molecule has 7 nitrogen and oxygen atoms in total. The Bertz CT molecular complexity index is 1240. The molecule has 1 saturated carbocycles. The van der Waals surface area contributed by atoms with E-state index in [-0.39, 0.29) is 17.9 Å². The normalized spacial score (nSPS) is 15.6. The summed E-state index contributed by atoms with van der Waals surface area (Å²) in [6.45, 7) is 11.0. The van der Waals surface area contributed by atoms with Gasteiger partial charge in [-0.25, -0.2) is 4.79 Å². The number of amides is 3. The Balaban J connectivity index is 2.08. The largest absolute Gasteiger partial charge is 0.444 e. The monoisotopic (exact) mass is 565 g/mol. The number of alkyl carbamates (subject to hydrolysis) is 1. The Kier molecular flexibility index (Phi) is 10.3. The number of nitrogens with zero attached hydrogens (tertiary/aromatic N) is 1. The minimum atomic E-state index is -0.979. The van der Waals surface area contributed by atoms with E-state index in [0.29, 0.717) is 28.3 Å². The number of terminal acetylenes is 1. The van der Waals surface area contributed by atoms with Crippen molar-refractivity contribution in [2.24, 2.45) is 5.92 Å². The number of hydrogen-bond acceptors (Lipinski definition) is 4. The van der Waals surface area contributed by atoms with Crippen LogP contribution in [0.15, 0.2) is 42.5 Å². The zero-order valence-corrected chi connectivity index (χ0v) is 25.0. The van der Waals surface area contributed by atoms with Gasteiger partial charge in [0, 0.05) is 11.6 Å². The number of ether oxygens (including phenoxy) is 1. The second kappa shape index (κ2) is 13.2. The molecule has 214 valence electrons. The number of aryl methyl sites for hydroxylation is 1. The first-order valence-corrected chi connectivity index (χ1v) is 14.2. The van der Waals surface area contributed by atoms with Gasteiger partial charge in [0.05, 0.1) is 10.7 Å². The molecule has 3 amide bonds. The lowest BCUT2D eigenvalue weighted by atomic mass is 9.86. The molecule has 2 aromatic rings. The van der Waals surface area contributed by atoms with Crippen molar-refractivity contribution >= 4 is 35.2 Å². The highest BCUT2D eigenvalue weighted by Crippen LogP contribution is 2.36. The summed E-state index contributed by atoms with van der Waals surface area (Å²) in [5.74, 6) is 1.66. The van der Waals surface area contributed by atoms with E-state index in [0.717, 1.165) is 24.8 Å². The summed E-state index contributed by atoms with van der Waals surface area (Å²) >= 11 is 6.45. The molecule has 0 aliphatic heterocycles. The third-order valence-electron chi connectivity index (χ3n) is 7.26. The molecule has 0 saturated heterocycles. The molecule has 3 rings (SSSR count). The minimum Gasteiger partial charge on any atom is -0.444 e. The van der Waals surface area contributed by atoms with Crippen LogP contribution in [0.2, 0.25) is 5.02 Å². The summed E-state index contributed by atoms with van der Waals surface area (Å²) in [7, 11) is 0. The summed E-state index contributed by atoms with van der Waals surface area (Å²) in [4.78, 5) is 43.0. The molecule has 1 aliphatic rings. The molecule has 3 unspecified atom stereocenters. The highest BCUT2D eigenvalue weighted by molar-refractivity contribution is 6.34. The van der Waals surface area contributed by atoms with Gasteiger partial charge in [-0.15, -0.1) is 6.42 Å². The first-order chi connectivity index (χ1) is 18.9. The van der Waals surface area contributed by atoms with Gasteiger partial charge in [0.1, 0.15) is 17.7 Å². The molecule has 2 N–H and O–H groups in total. The molecule has 2 aromatic carbocycles. The summed E-state index contributed by atoms with van der Waals surface area (Å²) < 4.78 is 5.48. The van der Waals surface area contributed by atoms with Crippen molar-refractivity contribution in [1.82, 2.24) is 10.2 Å². The summed E-state index contributed by atoms with van der Waals surface area (Å²) in [6.07, 6.45) is 7.98. The summed E-state index contributed by atoms with van der Waals surface area (Å²) in [6, 6.07) is 10.4. The molecule has 0 aromatic heterocycles. The fourth-order valence-corrected chi connectivity index (χ4v) is 4.91. The molecule has 0 radical (unpaired) electrons. The maximum Gasteiger partial charge on any atom is 0.408 e. The molecule has 1 aliphatic carbocycles. The lowest BCUT2D eigenvalue weighted by Gasteiger charge is -2.44. The maximum atomic E-state index is 14.4.